The molecule has 13 heteroatoms. The van der Waals surface area contributed by atoms with Crippen molar-refractivity contribution in [2.24, 2.45) is 0 Å². The van der Waals surface area contributed by atoms with Crippen molar-refractivity contribution in [3.63, 3.8) is 0 Å². The summed E-state index contributed by atoms with van der Waals surface area (Å²) in [6.45, 7) is 0.930. The lowest BCUT2D eigenvalue weighted by Gasteiger charge is -2.17. The Morgan fingerprint density at radius 3 is 2.31 bits per heavy atom. The first-order valence-corrected chi connectivity index (χ1v) is 10.9. The second-order valence-electron chi connectivity index (χ2n) is 8.29. The zero-order valence-electron chi connectivity index (χ0n) is 18.9. The lowest BCUT2D eigenvalue weighted by atomic mass is 10.1. The van der Waals surface area contributed by atoms with E-state index in [9.17, 15) is 30.7 Å². The van der Waals surface area contributed by atoms with Gasteiger partial charge < -0.3 is 20.5 Å². The van der Waals surface area contributed by atoms with E-state index in [4.69, 9.17) is 15.2 Å². The van der Waals surface area contributed by atoms with Gasteiger partial charge in [0, 0.05) is 23.2 Å². The van der Waals surface area contributed by atoms with Crippen molar-refractivity contribution in [1.29, 1.82) is 0 Å². The van der Waals surface area contributed by atoms with Crippen LogP contribution in [0.25, 0.3) is 10.9 Å². The van der Waals surface area contributed by atoms with Crippen LogP contribution in [0.15, 0.2) is 24.3 Å². The van der Waals surface area contributed by atoms with Crippen LogP contribution in [0.5, 0.6) is 5.75 Å². The van der Waals surface area contributed by atoms with Crippen molar-refractivity contribution in [2.75, 3.05) is 24.3 Å². The first-order chi connectivity index (χ1) is 16.8. The molecule has 0 saturated heterocycles. The smallest absolute Gasteiger partial charge is 0.420 e. The maximum atomic E-state index is 14.5. The van der Waals surface area contributed by atoms with E-state index in [2.05, 4.69) is 15.3 Å². The second-order valence-corrected chi connectivity index (χ2v) is 8.29. The first kappa shape index (κ1) is 25.7. The summed E-state index contributed by atoms with van der Waals surface area (Å²) in [4.78, 5) is 8.18. The quantitative estimate of drug-likeness (QED) is 0.221. The van der Waals surface area contributed by atoms with Gasteiger partial charge in [-0.1, -0.05) is 0 Å². The second kappa shape index (κ2) is 9.60. The van der Waals surface area contributed by atoms with Gasteiger partial charge in [0.05, 0.1) is 29.4 Å². The van der Waals surface area contributed by atoms with Crippen molar-refractivity contribution in [3.05, 3.63) is 52.6 Å². The van der Waals surface area contributed by atoms with Crippen LogP contribution in [-0.2, 0) is 23.6 Å². The van der Waals surface area contributed by atoms with Gasteiger partial charge in [-0.2, -0.15) is 26.3 Å². The number of nitrogens with zero attached hydrogens (tertiary/aromatic N) is 2. The topological polar surface area (TPSA) is 82.3 Å². The van der Waals surface area contributed by atoms with E-state index < -0.39 is 47.2 Å². The zero-order valence-corrected chi connectivity index (χ0v) is 18.9. The molecule has 36 heavy (non-hydrogen) atoms. The van der Waals surface area contributed by atoms with Gasteiger partial charge in [0.25, 0.3) is 0 Å². The number of anilines is 2. The minimum Gasteiger partial charge on any atom is -0.491 e. The van der Waals surface area contributed by atoms with Crippen molar-refractivity contribution in [3.8, 4) is 5.75 Å². The Kier molecular flexibility index (Phi) is 6.86. The van der Waals surface area contributed by atoms with Crippen molar-refractivity contribution >= 4 is 22.4 Å². The van der Waals surface area contributed by atoms with Crippen LogP contribution in [0.1, 0.15) is 35.4 Å². The van der Waals surface area contributed by atoms with Crippen LogP contribution in [0.4, 0.5) is 42.2 Å². The summed E-state index contributed by atoms with van der Waals surface area (Å²) in [7, 11) is 0. The standard InChI is InChI=1S/C23H21F7N4O2/c1-11-33-18-9-16(22(25,26)27)19(36-5-4-35-14-2-3-14)8-15(18)21(34-11)32-10-12-6-13(31)7-17(20(12)24)23(28,29)30/h6-9,14H,2-5,10,31H2,1H3,(H,32,33,34). The normalized spacial score (nSPS) is 14.3. The number of ether oxygens (including phenoxy) is 2. The zero-order chi connectivity index (χ0) is 26.3. The Bertz CT molecular complexity index is 1270. The lowest BCUT2D eigenvalue weighted by molar-refractivity contribution is -0.140. The number of nitrogens with two attached hydrogens (primary N) is 1. The molecule has 0 atom stereocenters. The third-order valence-electron chi connectivity index (χ3n) is 5.36. The highest BCUT2D eigenvalue weighted by molar-refractivity contribution is 5.91. The first-order valence-electron chi connectivity index (χ1n) is 10.9. The van der Waals surface area contributed by atoms with Crippen LogP contribution >= 0.6 is 0 Å². The molecule has 0 aliphatic heterocycles. The van der Waals surface area contributed by atoms with E-state index in [0.29, 0.717) is 6.07 Å². The molecule has 6 nitrogen and oxygen atoms in total. The summed E-state index contributed by atoms with van der Waals surface area (Å²) in [6.07, 6.45) is -7.81. The number of hydrogen-bond donors (Lipinski definition) is 2. The summed E-state index contributed by atoms with van der Waals surface area (Å²) in [5.74, 6) is -1.92. The van der Waals surface area contributed by atoms with Crippen LogP contribution < -0.4 is 15.8 Å². The molecule has 0 bridgehead atoms. The molecule has 1 fully saturated rings. The van der Waals surface area contributed by atoms with Crippen LogP contribution in [0.3, 0.4) is 0 Å². The predicted octanol–water partition coefficient (Wildman–Crippen LogP) is 5.87. The molecule has 1 aliphatic carbocycles. The Hall–Kier alpha value is -3.35. The molecule has 2 aromatic carbocycles. The molecule has 1 heterocycles. The Morgan fingerprint density at radius 1 is 0.972 bits per heavy atom. The molecule has 3 aromatic rings. The highest BCUT2D eigenvalue weighted by Gasteiger charge is 2.36. The average molecular weight is 518 g/mol. The number of nitrogen functional groups attached to an aromatic ring is 1. The number of aromatic nitrogens is 2. The van der Waals surface area contributed by atoms with Crippen LogP contribution in [0, 0.1) is 12.7 Å². The minimum atomic E-state index is -4.96. The maximum absolute atomic E-state index is 14.5. The number of alkyl halides is 6. The number of rotatable bonds is 8. The summed E-state index contributed by atoms with van der Waals surface area (Å²) < 4.78 is 106. The van der Waals surface area contributed by atoms with E-state index in [0.717, 1.165) is 31.0 Å². The summed E-state index contributed by atoms with van der Waals surface area (Å²) in [5.41, 5.74) is 2.15. The van der Waals surface area contributed by atoms with E-state index in [1.54, 1.807) is 0 Å². The SMILES string of the molecule is Cc1nc(NCc2cc(N)cc(C(F)(F)F)c2F)c2cc(OCCOC3CC3)c(C(F)(F)F)cc2n1. The fourth-order valence-electron chi connectivity index (χ4n) is 3.57. The van der Waals surface area contributed by atoms with Gasteiger partial charge in [-0.15, -0.1) is 0 Å². The number of benzene rings is 2. The third-order valence-corrected chi connectivity index (χ3v) is 5.36. The molecule has 1 saturated carbocycles. The summed E-state index contributed by atoms with van der Waals surface area (Å²) >= 11 is 0. The molecule has 3 N–H and O–H groups in total. The average Bonchev–Trinajstić information content (AvgIpc) is 3.59. The van der Waals surface area contributed by atoms with Gasteiger partial charge >= 0.3 is 12.4 Å². The number of fused-ring (bicyclic) bond motifs is 1. The fourth-order valence-corrected chi connectivity index (χ4v) is 3.57. The van der Waals surface area contributed by atoms with Crippen LogP contribution in [0.2, 0.25) is 0 Å². The molecule has 4 rings (SSSR count). The van der Waals surface area contributed by atoms with Gasteiger partial charge in [-0.05, 0) is 44.0 Å². The molecule has 194 valence electrons. The summed E-state index contributed by atoms with van der Waals surface area (Å²) in [5, 5.41) is 2.80. The van der Waals surface area contributed by atoms with E-state index >= 15 is 0 Å². The van der Waals surface area contributed by atoms with E-state index in [1.807, 2.05) is 0 Å². The van der Waals surface area contributed by atoms with Gasteiger partial charge in [-0.25, -0.2) is 14.4 Å². The molecule has 0 amide bonds. The molecule has 1 aromatic heterocycles. The van der Waals surface area contributed by atoms with Gasteiger partial charge in [0.15, 0.2) is 0 Å². The molecular formula is C23H21F7N4O2. The fraction of sp³-hybridized carbons (Fsp3) is 0.391. The van der Waals surface area contributed by atoms with Crippen LogP contribution in [-0.4, -0.2) is 29.3 Å². The Morgan fingerprint density at radius 2 is 1.67 bits per heavy atom. The predicted molar refractivity (Wildman–Crippen MR) is 117 cm³/mol. The van der Waals surface area contributed by atoms with Crippen molar-refractivity contribution in [1.82, 2.24) is 9.97 Å². The Labute approximate surface area is 200 Å². The monoisotopic (exact) mass is 518 g/mol. The molecule has 0 unspecified atom stereocenters. The minimum absolute atomic E-state index is 0.0133. The lowest BCUT2D eigenvalue weighted by Crippen LogP contribution is -2.14. The number of nitrogens with one attached hydrogen (secondary N) is 1. The maximum Gasteiger partial charge on any atom is 0.420 e. The molecule has 0 radical (unpaired) electrons. The van der Waals surface area contributed by atoms with E-state index in [-0.39, 0.29) is 47.6 Å². The summed E-state index contributed by atoms with van der Waals surface area (Å²) in [6, 6.07) is 3.41. The van der Waals surface area contributed by atoms with Crippen molar-refractivity contribution in [2.45, 2.75) is 44.8 Å². The van der Waals surface area contributed by atoms with Gasteiger partial charge in [0.2, 0.25) is 0 Å². The molecule has 1 aliphatic rings. The highest BCUT2D eigenvalue weighted by Crippen LogP contribution is 2.40. The highest BCUT2D eigenvalue weighted by atomic mass is 19.4. The van der Waals surface area contributed by atoms with Gasteiger partial charge in [-0.3, -0.25) is 0 Å². The molecule has 0 spiro atoms. The third kappa shape index (κ3) is 5.89. The van der Waals surface area contributed by atoms with Gasteiger partial charge in [0.1, 0.15) is 29.8 Å². The van der Waals surface area contributed by atoms with E-state index in [1.165, 1.54) is 6.92 Å². The molecular weight excluding hydrogens is 497 g/mol. The number of halogens is 7. The number of aryl methyl sites for hydroxylation is 1. The largest absolute Gasteiger partial charge is 0.491 e. The number of hydrogen-bond acceptors (Lipinski definition) is 6. The van der Waals surface area contributed by atoms with Crippen molar-refractivity contribution < 1.29 is 40.2 Å². The Balaban J connectivity index is 1.67.